The summed E-state index contributed by atoms with van der Waals surface area (Å²) in [5, 5.41) is 0. The van der Waals surface area contributed by atoms with Gasteiger partial charge in [0.15, 0.2) is 17.8 Å². The van der Waals surface area contributed by atoms with E-state index in [-0.39, 0.29) is 6.10 Å². The van der Waals surface area contributed by atoms with E-state index in [9.17, 15) is 4.79 Å². The number of methoxy groups -OCH3 is 1. The van der Waals surface area contributed by atoms with Crippen molar-refractivity contribution in [3.63, 3.8) is 0 Å². The Morgan fingerprint density at radius 1 is 1.50 bits per heavy atom. The van der Waals surface area contributed by atoms with Gasteiger partial charge in [-0.3, -0.25) is 9.69 Å². The second-order valence-electron chi connectivity index (χ2n) is 4.69. The molecule has 2 rings (SSSR count). The summed E-state index contributed by atoms with van der Waals surface area (Å²) in [5.41, 5.74) is 0.493. The van der Waals surface area contributed by atoms with Gasteiger partial charge in [-0.25, -0.2) is 0 Å². The highest BCUT2D eigenvalue weighted by atomic mass is 16.5. The van der Waals surface area contributed by atoms with Crippen LogP contribution < -0.4 is 9.47 Å². The van der Waals surface area contributed by atoms with Gasteiger partial charge in [-0.1, -0.05) is 13.0 Å². The molecule has 0 N–H and O–H groups in total. The molecule has 0 aromatic heterocycles. The van der Waals surface area contributed by atoms with Crippen molar-refractivity contribution in [2.45, 2.75) is 13.0 Å². The molecule has 0 amide bonds. The molecule has 1 heterocycles. The van der Waals surface area contributed by atoms with Crippen LogP contribution in [0, 0.1) is 0 Å². The molecule has 5 heteroatoms. The number of nitrogens with zero attached hydrogens (tertiary/aromatic N) is 1. The molecule has 1 saturated heterocycles. The Bertz CT molecular complexity index is 449. The van der Waals surface area contributed by atoms with Crippen molar-refractivity contribution in [1.82, 2.24) is 4.90 Å². The lowest BCUT2D eigenvalue weighted by Gasteiger charge is -2.32. The second-order valence-corrected chi connectivity index (χ2v) is 4.69. The Balaban J connectivity index is 2.01. The Kier molecular flexibility index (Phi) is 5.38. The highest BCUT2D eigenvalue weighted by molar-refractivity contribution is 5.81. The van der Waals surface area contributed by atoms with Crippen LogP contribution in [0.4, 0.5) is 0 Å². The summed E-state index contributed by atoms with van der Waals surface area (Å²) in [6.45, 7) is 6.08. The molecule has 1 atom stereocenters. The quantitative estimate of drug-likeness (QED) is 0.740. The van der Waals surface area contributed by atoms with Gasteiger partial charge in [-0.2, -0.15) is 0 Å². The minimum Gasteiger partial charge on any atom is -0.493 e. The Morgan fingerprint density at radius 2 is 2.35 bits per heavy atom. The first-order valence-electron chi connectivity index (χ1n) is 6.87. The first-order valence-corrected chi connectivity index (χ1v) is 6.87. The summed E-state index contributed by atoms with van der Waals surface area (Å²) in [4.78, 5) is 13.4. The van der Waals surface area contributed by atoms with E-state index in [0.29, 0.717) is 30.3 Å². The predicted molar refractivity (Wildman–Crippen MR) is 75.7 cm³/mol. The molecule has 1 aromatic carbocycles. The third-order valence-corrected chi connectivity index (χ3v) is 3.44. The van der Waals surface area contributed by atoms with Crippen LogP contribution in [-0.2, 0) is 4.74 Å². The van der Waals surface area contributed by atoms with E-state index in [2.05, 4.69) is 11.8 Å². The van der Waals surface area contributed by atoms with E-state index in [1.807, 2.05) is 0 Å². The number of hydrogen-bond acceptors (Lipinski definition) is 5. The van der Waals surface area contributed by atoms with Gasteiger partial charge in [-0.05, 0) is 18.7 Å². The summed E-state index contributed by atoms with van der Waals surface area (Å²) in [6, 6.07) is 5.26. The molecule has 0 spiro atoms. The lowest BCUT2D eigenvalue weighted by molar-refractivity contribution is -0.0467. The van der Waals surface area contributed by atoms with Gasteiger partial charge in [0.05, 0.1) is 19.3 Å². The molecule has 1 aliphatic heterocycles. The highest BCUT2D eigenvalue weighted by Gasteiger charge is 2.21. The van der Waals surface area contributed by atoms with Gasteiger partial charge in [0, 0.05) is 13.1 Å². The number of likely N-dealkylation sites (N-methyl/N-ethyl adjacent to an activating group) is 1. The second kappa shape index (κ2) is 7.26. The molecule has 0 saturated carbocycles. The van der Waals surface area contributed by atoms with Gasteiger partial charge in [0.2, 0.25) is 0 Å². The average Bonchev–Trinajstić information content (AvgIpc) is 2.52. The van der Waals surface area contributed by atoms with Gasteiger partial charge in [0.25, 0.3) is 0 Å². The minimum absolute atomic E-state index is 0.0214. The fraction of sp³-hybridized carbons (Fsp3) is 0.533. The number of benzene rings is 1. The fourth-order valence-corrected chi connectivity index (χ4v) is 2.29. The van der Waals surface area contributed by atoms with Crippen molar-refractivity contribution in [3.8, 4) is 11.5 Å². The SMILES string of the molecule is CCN1CCOC(COc2c(C=O)cccc2OC)C1. The zero-order valence-electron chi connectivity index (χ0n) is 12.0. The van der Waals surface area contributed by atoms with Crippen molar-refractivity contribution in [2.24, 2.45) is 0 Å². The topological polar surface area (TPSA) is 48.0 Å². The van der Waals surface area contributed by atoms with Gasteiger partial charge in [-0.15, -0.1) is 0 Å². The lowest BCUT2D eigenvalue weighted by atomic mass is 10.2. The van der Waals surface area contributed by atoms with Crippen molar-refractivity contribution in [3.05, 3.63) is 23.8 Å². The van der Waals surface area contributed by atoms with Gasteiger partial charge >= 0.3 is 0 Å². The molecular weight excluding hydrogens is 258 g/mol. The maximum atomic E-state index is 11.1. The maximum absolute atomic E-state index is 11.1. The summed E-state index contributed by atoms with van der Waals surface area (Å²) in [5.74, 6) is 1.06. The third kappa shape index (κ3) is 3.49. The number of carbonyl (C=O) groups excluding carboxylic acids is 1. The van der Waals surface area contributed by atoms with Crippen molar-refractivity contribution in [1.29, 1.82) is 0 Å². The normalized spacial score (nSPS) is 19.6. The number of hydrogen-bond donors (Lipinski definition) is 0. The predicted octanol–water partition coefficient (Wildman–Crippen LogP) is 1.61. The number of carbonyl (C=O) groups is 1. The minimum atomic E-state index is 0.0214. The van der Waals surface area contributed by atoms with E-state index >= 15 is 0 Å². The number of ether oxygens (including phenoxy) is 3. The highest BCUT2D eigenvalue weighted by Crippen LogP contribution is 2.30. The fourth-order valence-electron chi connectivity index (χ4n) is 2.29. The maximum Gasteiger partial charge on any atom is 0.171 e. The van der Waals surface area contributed by atoms with Crippen molar-refractivity contribution in [2.75, 3.05) is 40.0 Å². The van der Waals surface area contributed by atoms with Crippen LogP contribution in [0.3, 0.4) is 0 Å². The zero-order valence-corrected chi connectivity index (χ0v) is 12.0. The first-order chi connectivity index (χ1) is 9.78. The molecule has 5 nitrogen and oxygen atoms in total. The number of morpholine rings is 1. The van der Waals surface area contributed by atoms with Gasteiger partial charge in [0.1, 0.15) is 12.7 Å². The zero-order chi connectivity index (χ0) is 14.4. The van der Waals surface area contributed by atoms with Crippen molar-refractivity contribution >= 4 is 6.29 Å². The van der Waals surface area contributed by atoms with Crippen molar-refractivity contribution < 1.29 is 19.0 Å². The molecule has 0 radical (unpaired) electrons. The monoisotopic (exact) mass is 279 g/mol. The number of aldehydes is 1. The van der Waals surface area contributed by atoms with Gasteiger partial charge < -0.3 is 14.2 Å². The molecule has 0 aliphatic carbocycles. The van der Waals surface area contributed by atoms with E-state index in [4.69, 9.17) is 14.2 Å². The summed E-state index contributed by atoms with van der Waals surface area (Å²) in [6.07, 6.45) is 0.797. The Labute approximate surface area is 119 Å². The average molecular weight is 279 g/mol. The largest absolute Gasteiger partial charge is 0.493 e. The van der Waals surface area contributed by atoms with Crippen LogP contribution >= 0.6 is 0 Å². The summed E-state index contributed by atoms with van der Waals surface area (Å²) in [7, 11) is 1.56. The van der Waals surface area contributed by atoms with Crippen LogP contribution in [0.25, 0.3) is 0 Å². The van der Waals surface area contributed by atoms with Crippen LogP contribution in [0.15, 0.2) is 18.2 Å². The molecule has 1 aromatic rings. The number of rotatable bonds is 6. The van der Waals surface area contributed by atoms with Crippen LogP contribution in [0.1, 0.15) is 17.3 Å². The van der Waals surface area contributed by atoms with Crippen LogP contribution in [0.5, 0.6) is 11.5 Å². The van der Waals surface area contributed by atoms with E-state index in [0.717, 1.165) is 25.9 Å². The Hall–Kier alpha value is -1.59. The van der Waals surface area contributed by atoms with E-state index < -0.39 is 0 Å². The molecule has 1 fully saturated rings. The first kappa shape index (κ1) is 14.8. The molecule has 1 aliphatic rings. The van der Waals surface area contributed by atoms with E-state index in [1.165, 1.54) is 0 Å². The molecule has 110 valence electrons. The third-order valence-electron chi connectivity index (χ3n) is 3.44. The standard InChI is InChI=1S/C15H21NO4/c1-3-16-7-8-19-13(9-16)11-20-15-12(10-17)5-4-6-14(15)18-2/h4-6,10,13H,3,7-9,11H2,1-2H3. The molecule has 1 unspecified atom stereocenters. The molecular formula is C15H21NO4. The molecule has 0 bridgehead atoms. The smallest absolute Gasteiger partial charge is 0.171 e. The van der Waals surface area contributed by atoms with Crippen LogP contribution in [-0.4, -0.2) is 57.2 Å². The summed E-state index contributed by atoms with van der Waals surface area (Å²) < 4.78 is 16.7. The summed E-state index contributed by atoms with van der Waals surface area (Å²) >= 11 is 0. The van der Waals surface area contributed by atoms with E-state index in [1.54, 1.807) is 25.3 Å². The lowest BCUT2D eigenvalue weighted by Crippen LogP contribution is -2.44. The number of para-hydroxylation sites is 1. The Morgan fingerprint density at radius 3 is 3.05 bits per heavy atom. The molecule has 20 heavy (non-hydrogen) atoms. The van der Waals surface area contributed by atoms with Crippen LogP contribution in [0.2, 0.25) is 0 Å².